The lowest BCUT2D eigenvalue weighted by atomic mass is 10.1. The largest absolute Gasteiger partial charge is 0.383 e. The maximum atomic E-state index is 11.9. The SMILES string of the molecule is COCCNC(=O)CN(c1ccc(C)c(C)c1)S(C)(=O)=O. The second-order valence-corrected chi connectivity index (χ2v) is 6.79. The Labute approximate surface area is 126 Å². The number of hydrogen-bond donors (Lipinski definition) is 1. The average Bonchev–Trinajstić information content (AvgIpc) is 2.38. The summed E-state index contributed by atoms with van der Waals surface area (Å²) in [7, 11) is -2.00. The van der Waals surface area contributed by atoms with Crippen LogP contribution in [-0.2, 0) is 19.6 Å². The first-order valence-electron chi connectivity index (χ1n) is 6.56. The first-order chi connectivity index (χ1) is 9.75. The van der Waals surface area contributed by atoms with Crippen molar-refractivity contribution < 1.29 is 17.9 Å². The van der Waals surface area contributed by atoms with Crippen molar-refractivity contribution in [3.05, 3.63) is 29.3 Å². The number of nitrogens with zero attached hydrogens (tertiary/aromatic N) is 1. The maximum Gasteiger partial charge on any atom is 0.240 e. The van der Waals surface area contributed by atoms with Gasteiger partial charge in [0.05, 0.1) is 18.6 Å². The highest BCUT2D eigenvalue weighted by atomic mass is 32.2. The van der Waals surface area contributed by atoms with Gasteiger partial charge in [0.25, 0.3) is 0 Å². The van der Waals surface area contributed by atoms with Crippen molar-refractivity contribution in [3.63, 3.8) is 0 Å². The molecule has 118 valence electrons. The summed E-state index contributed by atoms with van der Waals surface area (Å²) in [5, 5.41) is 2.61. The van der Waals surface area contributed by atoms with E-state index >= 15 is 0 Å². The first-order valence-corrected chi connectivity index (χ1v) is 8.41. The molecule has 1 amide bonds. The van der Waals surface area contributed by atoms with Gasteiger partial charge in [-0.2, -0.15) is 0 Å². The summed E-state index contributed by atoms with van der Waals surface area (Å²) in [6.07, 6.45) is 1.09. The lowest BCUT2D eigenvalue weighted by Gasteiger charge is -2.22. The number of amides is 1. The van der Waals surface area contributed by atoms with Gasteiger partial charge in [-0.05, 0) is 37.1 Å². The van der Waals surface area contributed by atoms with Gasteiger partial charge >= 0.3 is 0 Å². The van der Waals surface area contributed by atoms with Crippen LogP contribution in [0, 0.1) is 13.8 Å². The fraction of sp³-hybridized carbons (Fsp3) is 0.500. The zero-order chi connectivity index (χ0) is 16.0. The molecule has 0 radical (unpaired) electrons. The smallest absolute Gasteiger partial charge is 0.240 e. The minimum absolute atomic E-state index is 0.245. The fourth-order valence-corrected chi connectivity index (χ4v) is 2.61. The van der Waals surface area contributed by atoms with Gasteiger partial charge in [-0.15, -0.1) is 0 Å². The molecule has 0 saturated heterocycles. The van der Waals surface area contributed by atoms with Crippen LogP contribution < -0.4 is 9.62 Å². The van der Waals surface area contributed by atoms with Crippen molar-refractivity contribution >= 4 is 21.6 Å². The summed E-state index contributed by atoms with van der Waals surface area (Å²) in [5.41, 5.74) is 2.53. The number of aryl methyl sites for hydroxylation is 2. The molecule has 1 rings (SSSR count). The van der Waals surface area contributed by atoms with Crippen LogP contribution in [0.4, 0.5) is 5.69 Å². The molecule has 1 N–H and O–H groups in total. The third-order valence-electron chi connectivity index (χ3n) is 3.09. The van der Waals surface area contributed by atoms with E-state index in [1.54, 1.807) is 12.1 Å². The van der Waals surface area contributed by atoms with E-state index in [9.17, 15) is 13.2 Å². The zero-order valence-corrected chi connectivity index (χ0v) is 13.7. The minimum atomic E-state index is -3.53. The standard InChI is InChI=1S/C14H22N2O4S/c1-11-5-6-13(9-12(11)2)16(21(4,18)19)10-14(17)15-7-8-20-3/h5-6,9H,7-8,10H2,1-4H3,(H,15,17). The average molecular weight is 314 g/mol. The van der Waals surface area contributed by atoms with Crippen molar-refractivity contribution in [1.29, 1.82) is 0 Å². The van der Waals surface area contributed by atoms with Gasteiger partial charge in [0.2, 0.25) is 15.9 Å². The molecular weight excluding hydrogens is 292 g/mol. The maximum absolute atomic E-state index is 11.9. The molecule has 1 aromatic carbocycles. The van der Waals surface area contributed by atoms with Crippen LogP contribution in [0.15, 0.2) is 18.2 Å². The van der Waals surface area contributed by atoms with Crippen molar-refractivity contribution in [2.75, 3.05) is 37.4 Å². The molecule has 0 aliphatic heterocycles. The Bertz CT molecular complexity index is 599. The van der Waals surface area contributed by atoms with Crippen LogP contribution in [0.5, 0.6) is 0 Å². The van der Waals surface area contributed by atoms with Gasteiger partial charge < -0.3 is 10.1 Å². The van der Waals surface area contributed by atoms with Gasteiger partial charge in [0.15, 0.2) is 0 Å². The highest BCUT2D eigenvalue weighted by Crippen LogP contribution is 2.20. The monoisotopic (exact) mass is 314 g/mol. The first kappa shape index (κ1) is 17.5. The fourth-order valence-electron chi connectivity index (χ4n) is 1.76. The van der Waals surface area contributed by atoms with Crippen LogP contribution in [0.2, 0.25) is 0 Å². The number of hydrogen-bond acceptors (Lipinski definition) is 4. The predicted molar refractivity (Wildman–Crippen MR) is 83.0 cm³/mol. The van der Waals surface area contributed by atoms with Crippen LogP contribution >= 0.6 is 0 Å². The zero-order valence-electron chi connectivity index (χ0n) is 12.8. The lowest BCUT2D eigenvalue weighted by Crippen LogP contribution is -2.41. The number of rotatable bonds is 7. The van der Waals surface area contributed by atoms with Crippen molar-refractivity contribution in [3.8, 4) is 0 Å². The van der Waals surface area contributed by atoms with E-state index in [4.69, 9.17) is 4.74 Å². The molecule has 0 saturated carbocycles. The van der Waals surface area contributed by atoms with E-state index in [0.717, 1.165) is 21.7 Å². The quantitative estimate of drug-likeness (QED) is 0.757. The number of ether oxygens (including phenoxy) is 1. The molecule has 6 nitrogen and oxygen atoms in total. The summed E-state index contributed by atoms with van der Waals surface area (Å²) in [6.45, 7) is 4.33. The predicted octanol–water partition coefficient (Wildman–Crippen LogP) is 0.832. The molecule has 7 heteroatoms. The Morgan fingerprint density at radius 1 is 1.29 bits per heavy atom. The highest BCUT2D eigenvalue weighted by Gasteiger charge is 2.20. The Morgan fingerprint density at radius 2 is 1.95 bits per heavy atom. The van der Waals surface area contributed by atoms with Crippen molar-refractivity contribution in [2.24, 2.45) is 0 Å². The molecule has 0 spiro atoms. The third-order valence-corrected chi connectivity index (χ3v) is 4.23. The van der Waals surface area contributed by atoms with Crippen LogP contribution in [0.3, 0.4) is 0 Å². The van der Waals surface area contributed by atoms with Crippen LogP contribution in [0.25, 0.3) is 0 Å². The van der Waals surface area contributed by atoms with E-state index in [0.29, 0.717) is 18.8 Å². The van der Waals surface area contributed by atoms with Gasteiger partial charge in [0.1, 0.15) is 6.54 Å². The summed E-state index contributed by atoms with van der Waals surface area (Å²) in [5.74, 6) is -0.365. The number of sulfonamides is 1. The topological polar surface area (TPSA) is 75.7 Å². The van der Waals surface area contributed by atoms with Gasteiger partial charge in [-0.1, -0.05) is 6.07 Å². The summed E-state index contributed by atoms with van der Waals surface area (Å²) >= 11 is 0. The van der Waals surface area contributed by atoms with E-state index in [1.165, 1.54) is 7.11 Å². The summed E-state index contributed by atoms with van der Waals surface area (Å²) < 4.78 is 29.8. The summed E-state index contributed by atoms with van der Waals surface area (Å²) in [6, 6.07) is 5.30. The van der Waals surface area contributed by atoms with Gasteiger partial charge in [0, 0.05) is 13.7 Å². The Kier molecular flexibility index (Phi) is 6.17. The van der Waals surface area contributed by atoms with E-state index in [2.05, 4.69) is 5.32 Å². The lowest BCUT2D eigenvalue weighted by molar-refractivity contribution is -0.119. The molecule has 0 bridgehead atoms. The van der Waals surface area contributed by atoms with Gasteiger partial charge in [-0.25, -0.2) is 8.42 Å². The second-order valence-electron chi connectivity index (χ2n) is 4.88. The molecule has 0 aromatic heterocycles. The number of carbonyl (C=O) groups excluding carboxylic acids is 1. The molecule has 0 atom stereocenters. The van der Waals surface area contributed by atoms with Crippen LogP contribution in [-0.4, -0.2) is 47.4 Å². The minimum Gasteiger partial charge on any atom is -0.383 e. The molecule has 0 fully saturated rings. The molecular formula is C14H22N2O4S. The number of carbonyl (C=O) groups is 1. The molecule has 21 heavy (non-hydrogen) atoms. The van der Waals surface area contributed by atoms with E-state index < -0.39 is 10.0 Å². The Hall–Kier alpha value is -1.60. The number of nitrogens with one attached hydrogen (secondary N) is 1. The van der Waals surface area contributed by atoms with Crippen LogP contribution in [0.1, 0.15) is 11.1 Å². The molecule has 1 aromatic rings. The van der Waals surface area contributed by atoms with Gasteiger partial charge in [-0.3, -0.25) is 9.10 Å². The second kappa shape index (κ2) is 7.42. The third kappa shape index (κ3) is 5.35. The molecule has 0 aliphatic rings. The molecule has 0 aliphatic carbocycles. The number of anilines is 1. The normalized spacial score (nSPS) is 11.2. The number of benzene rings is 1. The number of methoxy groups -OCH3 is 1. The van der Waals surface area contributed by atoms with Crippen molar-refractivity contribution in [1.82, 2.24) is 5.32 Å². The highest BCUT2D eigenvalue weighted by molar-refractivity contribution is 7.92. The summed E-state index contributed by atoms with van der Waals surface area (Å²) in [4.78, 5) is 11.8. The van der Waals surface area contributed by atoms with E-state index in [-0.39, 0.29) is 12.5 Å². The molecule has 0 heterocycles. The van der Waals surface area contributed by atoms with E-state index in [1.807, 2.05) is 19.9 Å². The Balaban J connectivity index is 2.92. The Morgan fingerprint density at radius 3 is 2.48 bits per heavy atom. The molecule has 0 unspecified atom stereocenters. The van der Waals surface area contributed by atoms with Crippen molar-refractivity contribution in [2.45, 2.75) is 13.8 Å².